The van der Waals surface area contributed by atoms with Crippen LogP contribution < -0.4 is 0 Å². The van der Waals surface area contributed by atoms with E-state index in [1.165, 1.54) is 51.4 Å². The summed E-state index contributed by atoms with van der Waals surface area (Å²) in [4.78, 5) is 0. The predicted molar refractivity (Wildman–Crippen MR) is 132 cm³/mol. The lowest BCUT2D eigenvalue weighted by atomic mass is 9.33. The molecule has 0 aliphatic heterocycles. The highest BCUT2D eigenvalue weighted by Gasteiger charge is 2.68. The summed E-state index contributed by atoms with van der Waals surface area (Å²) < 4.78 is 0. The largest absolute Gasteiger partial charge is 0.396 e. The van der Waals surface area contributed by atoms with Crippen LogP contribution in [0.15, 0.2) is 11.6 Å². The Balaban J connectivity index is 1.59. The van der Waals surface area contributed by atoms with Crippen LogP contribution in [-0.4, -0.2) is 22.9 Å². The highest BCUT2D eigenvalue weighted by Crippen LogP contribution is 2.75. The van der Waals surface area contributed by atoms with Gasteiger partial charge in [0.15, 0.2) is 0 Å². The molecule has 2 heteroatoms. The van der Waals surface area contributed by atoms with Crippen LogP contribution in [0.1, 0.15) is 106 Å². The normalized spacial score (nSPS) is 56.8. The molecule has 5 rings (SSSR count). The third-order valence-corrected chi connectivity index (χ3v) is 13.5. The third-order valence-electron chi connectivity index (χ3n) is 13.5. The fraction of sp³-hybridized carbons (Fsp3) is 0.933. The summed E-state index contributed by atoms with van der Waals surface area (Å²) >= 11 is 0. The van der Waals surface area contributed by atoms with Crippen LogP contribution in [0.3, 0.4) is 0 Å². The lowest BCUT2D eigenvalue weighted by Crippen LogP contribution is -2.65. The number of aliphatic hydroxyl groups excluding tert-OH is 2. The van der Waals surface area contributed by atoms with E-state index in [2.05, 4.69) is 54.5 Å². The number of allylic oxidation sites excluding steroid dienone is 2. The average Bonchev–Trinajstić information content (AvgIpc) is 2.74. The second-order valence-electron chi connectivity index (χ2n) is 14.5. The maximum absolute atomic E-state index is 10.9. The molecule has 0 bridgehead atoms. The van der Waals surface area contributed by atoms with E-state index in [4.69, 9.17) is 0 Å². The van der Waals surface area contributed by atoms with E-state index in [-0.39, 0.29) is 22.3 Å². The first kappa shape index (κ1) is 23.4. The Morgan fingerprint density at radius 3 is 2.28 bits per heavy atom. The number of fused-ring (bicyclic) bond motifs is 7. The van der Waals surface area contributed by atoms with Crippen LogP contribution >= 0.6 is 0 Å². The molecule has 0 saturated heterocycles. The fourth-order valence-electron chi connectivity index (χ4n) is 10.9. The summed E-state index contributed by atoms with van der Waals surface area (Å²) in [5.74, 6) is 3.29. The number of hydrogen-bond acceptors (Lipinski definition) is 2. The van der Waals surface area contributed by atoms with E-state index < -0.39 is 0 Å². The van der Waals surface area contributed by atoms with Crippen LogP contribution in [0, 0.1) is 56.7 Å². The van der Waals surface area contributed by atoms with Gasteiger partial charge in [0.25, 0.3) is 0 Å². The van der Waals surface area contributed by atoms with Crippen LogP contribution in [0.5, 0.6) is 0 Å². The van der Waals surface area contributed by atoms with E-state index in [1.54, 1.807) is 5.57 Å². The molecule has 32 heavy (non-hydrogen) atoms. The summed E-state index contributed by atoms with van der Waals surface area (Å²) in [5, 5.41) is 21.6. The number of aliphatic hydroxyl groups is 2. The lowest BCUT2D eigenvalue weighted by molar-refractivity contribution is -0.205. The van der Waals surface area contributed by atoms with Crippen molar-refractivity contribution >= 4 is 0 Å². The fourth-order valence-corrected chi connectivity index (χ4v) is 10.9. The molecule has 0 aromatic heterocycles. The summed E-state index contributed by atoms with van der Waals surface area (Å²) in [6.07, 6.45) is 13.4. The molecule has 5 aliphatic carbocycles. The summed E-state index contributed by atoms with van der Waals surface area (Å²) in [7, 11) is 0. The highest BCUT2D eigenvalue weighted by atomic mass is 16.3. The van der Waals surface area contributed by atoms with Gasteiger partial charge in [-0.1, -0.05) is 60.1 Å². The molecule has 0 radical (unpaired) electrons. The third kappa shape index (κ3) is 2.66. The lowest BCUT2D eigenvalue weighted by Gasteiger charge is -2.71. The predicted octanol–water partition coefficient (Wildman–Crippen LogP) is 7.00. The van der Waals surface area contributed by atoms with Gasteiger partial charge in [-0.05, 0) is 109 Å². The first-order chi connectivity index (χ1) is 14.9. The van der Waals surface area contributed by atoms with Crippen molar-refractivity contribution in [1.29, 1.82) is 0 Å². The second-order valence-corrected chi connectivity index (χ2v) is 14.5. The zero-order chi connectivity index (χ0) is 23.3. The monoisotopic (exact) mass is 442 g/mol. The zero-order valence-corrected chi connectivity index (χ0v) is 22.0. The molecule has 0 spiro atoms. The maximum Gasteiger partial charge on any atom is 0.0594 e. The Kier molecular flexibility index (Phi) is 5.19. The van der Waals surface area contributed by atoms with Crippen molar-refractivity contribution in [3.8, 4) is 0 Å². The van der Waals surface area contributed by atoms with E-state index in [0.29, 0.717) is 41.1 Å². The minimum atomic E-state index is -0.153. The van der Waals surface area contributed by atoms with Gasteiger partial charge in [0.1, 0.15) is 0 Å². The molecular weight excluding hydrogens is 392 g/mol. The van der Waals surface area contributed by atoms with E-state index in [0.717, 1.165) is 12.3 Å². The molecule has 2 N–H and O–H groups in total. The van der Waals surface area contributed by atoms with Gasteiger partial charge < -0.3 is 10.2 Å². The Morgan fingerprint density at radius 1 is 0.875 bits per heavy atom. The van der Waals surface area contributed by atoms with E-state index in [9.17, 15) is 10.2 Å². The van der Waals surface area contributed by atoms with Crippen LogP contribution in [0.2, 0.25) is 0 Å². The Labute approximate surface area is 197 Å². The molecule has 5 aliphatic rings. The van der Waals surface area contributed by atoms with Gasteiger partial charge in [-0.2, -0.15) is 0 Å². The molecule has 2 nitrogen and oxygen atoms in total. The average molecular weight is 443 g/mol. The van der Waals surface area contributed by atoms with Crippen molar-refractivity contribution in [3.63, 3.8) is 0 Å². The summed E-state index contributed by atoms with van der Waals surface area (Å²) in [5.41, 5.74) is 2.77. The van der Waals surface area contributed by atoms with Crippen LogP contribution in [-0.2, 0) is 0 Å². The SMILES string of the molecule is CC1CC[C@]2(CO)CC[C@]3(C)C(=CCC4[C@@]5(C)CCC(O)C(C)(C)C5CC[C@]43C)C2C1C. The molecule has 0 aromatic carbocycles. The summed E-state index contributed by atoms with van der Waals surface area (Å²) in [6, 6.07) is 0. The molecule has 0 amide bonds. The second kappa shape index (κ2) is 7.09. The molecule has 182 valence electrons. The van der Waals surface area contributed by atoms with Crippen LogP contribution in [0.4, 0.5) is 0 Å². The van der Waals surface area contributed by atoms with Crippen molar-refractivity contribution in [2.24, 2.45) is 56.7 Å². The molecule has 0 heterocycles. The molecule has 4 fully saturated rings. The zero-order valence-electron chi connectivity index (χ0n) is 22.0. The minimum absolute atomic E-state index is 0.0190. The quantitative estimate of drug-likeness (QED) is 0.429. The van der Waals surface area contributed by atoms with Crippen molar-refractivity contribution in [1.82, 2.24) is 0 Å². The van der Waals surface area contributed by atoms with E-state index >= 15 is 0 Å². The number of rotatable bonds is 1. The topological polar surface area (TPSA) is 40.5 Å². The Bertz CT molecular complexity index is 799. The highest BCUT2D eigenvalue weighted by molar-refractivity contribution is 5.34. The number of hydrogen-bond donors (Lipinski definition) is 2. The van der Waals surface area contributed by atoms with Crippen LogP contribution in [0.25, 0.3) is 0 Å². The smallest absolute Gasteiger partial charge is 0.0594 e. The molecule has 4 saturated carbocycles. The summed E-state index contributed by atoms with van der Waals surface area (Å²) in [6.45, 7) is 17.9. The standard InChI is InChI=1S/C30H50O2/c1-19-10-15-30(18-31)17-16-28(6)21(25(30)20(19)2)8-9-23-27(5)13-12-24(32)26(3,4)22(27)11-14-29(23,28)7/h8,19-20,22-25,31-32H,9-18H2,1-7H3/t19?,20?,22?,23?,24?,25?,27-,28+,29+,30+/m0/s1. The van der Waals surface area contributed by atoms with E-state index in [1.807, 2.05) is 0 Å². The van der Waals surface area contributed by atoms with Gasteiger partial charge in [-0.25, -0.2) is 0 Å². The maximum atomic E-state index is 10.9. The Hall–Kier alpha value is -0.340. The van der Waals surface area contributed by atoms with Gasteiger partial charge in [0, 0.05) is 12.0 Å². The van der Waals surface area contributed by atoms with Gasteiger partial charge in [-0.15, -0.1) is 0 Å². The van der Waals surface area contributed by atoms with Gasteiger partial charge >= 0.3 is 0 Å². The Morgan fingerprint density at radius 2 is 1.59 bits per heavy atom. The van der Waals surface area contributed by atoms with Crippen molar-refractivity contribution < 1.29 is 10.2 Å². The van der Waals surface area contributed by atoms with Crippen molar-refractivity contribution in [2.45, 2.75) is 112 Å². The van der Waals surface area contributed by atoms with Gasteiger partial charge in [0.05, 0.1) is 6.10 Å². The van der Waals surface area contributed by atoms with Crippen molar-refractivity contribution in [2.75, 3.05) is 6.61 Å². The van der Waals surface area contributed by atoms with Gasteiger partial charge in [0.2, 0.25) is 0 Å². The molecular formula is C30H50O2. The molecule has 6 unspecified atom stereocenters. The van der Waals surface area contributed by atoms with Gasteiger partial charge in [-0.3, -0.25) is 0 Å². The molecule has 0 aromatic rings. The first-order valence-corrected chi connectivity index (χ1v) is 13.9. The van der Waals surface area contributed by atoms with Crippen molar-refractivity contribution in [3.05, 3.63) is 11.6 Å². The minimum Gasteiger partial charge on any atom is -0.396 e. The molecule has 10 atom stereocenters. The first-order valence-electron chi connectivity index (χ1n) is 13.9.